The normalized spacial score (nSPS) is 27.4. The van der Waals surface area contributed by atoms with E-state index in [2.05, 4.69) is 10.6 Å². The zero-order valence-electron chi connectivity index (χ0n) is 25.2. The summed E-state index contributed by atoms with van der Waals surface area (Å²) in [5.74, 6) is -2.61. The Morgan fingerprint density at radius 3 is 2.27 bits per heavy atom. The summed E-state index contributed by atoms with van der Waals surface area (Å²) in [7, 11) is 0. The molecule has 3 heterocycles. The zero-order valence-corrected chi connectivity index (χ0v) is 25.2. The van der Waals surface area contributed by atoms with E-state index in [0.717, 1.165) is 21.9 Å². The van der Waals surface area contributed by atoms with Crippen molar-refractivity contribution in [3.63, 3.8) is 0 Å². The highest BCUT2D eigenvalue weighted by molar-refractivity contribution is 6.04. The summed E-state index contributed by atoms with van der Waals surface area (Å²) in [6, 6.07) is 31.1. The summed E-state index contributed by atoms with van der Waals surface area (Å²) in [4.78, 5) is 44.5. The molecule has 2 unspecified atom stereocenters. The van der Waals surface area contributed by atoms with Crippen molar-refractivity contribution in [3.05, 3.63) is 114 Å². The molecule has 4 aromatic carbocycles. The van der Waals surface area contributed by atoms with Crippen molar-refractivity contribution in [1.29, 1.82) is 0 Å². The molecule has 0 radical (unpaired) electrons. The van der Waals surface area contributed by atoms with Gasteiger partial charge in [-0.2, -0.15) is 0 Å². The number of hydrogen-bond acceptors (Lipinski definition) is 5. The van der Waals surface area contributed by atoms with E-state index < -0.39 is 35.1 Å². The molecule has 0 saturated carbocycles. The van der Waals surface area contributed by atoms with Crippen LogP contribution in [0.15, 0.2) is 103 Å². The van der Waals surface area contributed by atoms with Gasteiger partial charge in [-0.1, -0.05) is 91.0 Å². The fourth-order valence-electron chi connectivity index (χ4n) is 7.97. The van der Waals surface area contributed by atoms with Gasteiger partial charge in [-0.3, -0.25) is 14.4 Å². The molecule has 2 bridgehead atoms. The maximum absolute atomic E-state index is 14.6. The van der Waals surface area contributed by atoms with Crippen LogP contribution in [0.5, 0.6) is 0 Å². The van der Waals surface area contributed by atoms with Crippen LogP contribution in [0.3, 0.4) is 0 Å². The van der Waals surface area contributed by atoms with Crippen LogP contribution in [0.1, 0.15) is 30.9 Å². The highest BCUT2D eigenvalue weighted by atomic mass is 16.5. The molecule has 3 aliphatic heterocycles. The molecule has 3 saturated heterocycles. The molecule has 45 heavy (non-hydrogen) atoms. The summed E-state index contributed by atoms with van der Waals surface area (Å²) in [6.07, 6.45) is 1.35. The van der Waals surface area contributed by atoms with Gasteiger partial charge in [-0.25, -0.2) is 0 Å². The lowest BCUT2D eigenvalue weighted by atomic mass is 9.66. The molecule has 3 aliphatic rings. The number of rotatable bonds is 9. The minimum Gasteiger partial charge on any atom is -0.394 e. The fourth-order valence-corrected chi connectivity index (χ4v) is 7.97. The van der Waals surface area contributed by atoms with E-state index in [4.69, 9.17) is 4.74 Å². The standard InChI is InChI=1S/C37H37N3O5/c1-36-18-19-37(45-36)31(30(36)33(42)38-22-25-12-6-3-7-13-25)35(44)40(29(23-41)20-24-10-4-2-5-11-24)32(37)34(43)39-28-17-16-26-14-8-9-15-27(26)21-28/h2-17,21,29-32,41H,18-20,22-23H2,1H3,(H,38,42)(H,39,43)/t29-,30-,31+,32?,36+,37?/m1/s1. The Morgan fingerprint density at radius 2 is 1.56 bits per heavy atom. The molecule has 6 atom stereocenters. The predicted molar refractivity (Wildman–Crippen MR) is 171 cm³/mol. The Bertz CT molecular complexity index is 1750. The highest BCUT2D eigenvalue weighted by Gasteiger charge is 2.78. The van der Waals surface area contributed by atoms with E-state index in [-0.39, 0.29) is 24.3 Å². The van der Waals surface area contributed by atoms with Crippen LogP contribution in [0, 0.1) is 11.8 Å². The van der Waals surface area contributed by atoms with Gasteiger partial charge in [0.05, 0.1) is 30.1 Å². The Hall–Kier alpha value is -4.53. The third-order valence-electron chi connectivity index (χ3n) is 9.99. The number of ether oxygens (including phenoxy) is 1. The third-order valence-corrected chi connectivity index (χ3v) is 9.99. The lowest BCUT2D eigenvalue weighted by Crippen LogP contribution is -2.57. The highest BCUT2D eigenvalue weighted by Crippen LogP contribution is 2.63. The molecule has 7 rings (SSSR count). The number of carbonyl (C=O) groups is 3. The molecular weight excluding hydrogens is 566 g/mol. The number of benzene rings is 4. The molecule has 3 N–H and O–H groups in total. The van der Waals surface area contributed by atoms with Crippen LogP contribution >= 0.6 is 0 Å². The van der Waals surface area contributed by atoms with Crippen LogP contribution < -0.4 is 10.6 Å². The summed E-state index contributed by atoms with van der Waals surface area (Å²) in [6.45, 7) is 1.87. The number of likely N-dealkylation sites (tertiary alicyclic amines) is 1. The molecule has 4 aromatic rings. The number of carbonyl (C=O) groups excluding carboxylic acids is 3. The van der Waals surface area contributed by atoms with Gasteiger partial charge in [0.1, 0.15) is 11.6 Å². The van der Waals surface area contributed by atoms with Gasteiger partial charge in [0.25, 0.3) is 0 Å². The maximum atomic E-state index is 14.6. The lowest BCUT2D eigenvalue weighted by Gasteiger charge is -2.37. The van der Waals surface area contributed by atoms with Crippen molar-refractivity contribution in [2.45, 2.75) is 56.0 Å². The number of nitrogens with one attached hydrogen (secondary N) is 2. The Labute approximate surface area is 262 Å². The molecule has 1 spiro atoms. The SMILES string of the molecule is C[C@@]12CCC3(O1)C(C(=O)Nc1ccc4ccccc4c1)N([C@@H](CO)Cc1ccccc1)C(=O)[C@@H]3[C@@H]2C(=O)NCc1ccccc1. The minimum atomic E-state index is -1.20. The first-order valence-corrected chi connectivity index (χ1v) is 15.6. The Morgan fingerprint density at radius 1 is 0.889 bits per heavy atom. The third kappa shape index (κ3) is 4.98. The molecule has 8 nitrogen and oxygen atoms in total. The first kappa shape index (κ1) is 29.2. The molecule has 3 amide bonds. The molecule has 0 aromatic heterocycles. The number of aliphatic hydroxyl groups excluding tert-OH is 1. The average Bonchev–Trinajstić information content (AvgIpc) is 3.64. The lowest BCUT2D eigenvalue weighted by molar-refractivity contribution is -0.148. The van der Waals surface area contributed by atoms with E-state index in [1.54, 1.807) is 0 Å². The van der Waals surface area contributed by atoms with Crippen LogP contribution in [0.2, 0.25) is 0 Å². The topological polar surface area (TPSA) is 108 Å². The number of aliphatic hydroxyl groups is 1. The maximum Gasteiger partial charge on any atom is 0.250 e. The first-order chi connectivity index (χ1) is 21.8. The number of anilines is 1. The zero-order chi connectivity index (χ0) is 31.2. The van der Waals surface area contributed by atoms with E-state index in [0.29, 0.717) is 31.5 Å². The quantitative estimate of drug-likeness (QED) is 0.262. The second-order valence-corrected chi connectivity index (χ2v) is 12.8. The Kier molecular flexibility index (Phi) is 7.42. The second kappa shape index (κ2) is 11.4. The number of nitrogens with zero attached hydrogens (tertiary/aromatic N) is 1. The molecule has 3 fully saturated rings. The van der Waals surface area contributed by atoms with Crippen LogP contribution in [-0.4, -0.2) is 57.6 Å². The van der Waals surface area contributed by atoms with Crippen molar-refractivity contribution in [3.8, 4) is 0 Å². The van der Waals surface area contributed by atoms with E-state index in [1.807, 2.05) is 110 Å². The molecule has 230 valence electrons. The average molecular weight is 604 g/mol. The van der Waals surface area contributed by atoms with E-state index in [1.165, 1.54) is 4.90 Å². The van der Waals surface area contributed by atoms with Gasteiger partial charge in [0.2, 0.25) is 17.7 Å². The summed E-state index contributed by atoms with van der Waals surface area (Å²) in [5.41, 5.74) is 0.381. The van der Waals surface area contributed by atoms with Gasteiger partial charge >= 0.3 is 0 Å². The number of amides is 3. The van der Waals surface area contributed by atoms with Gasteiger partial charge in [-0.05, 0) is 60.2 Å². The van der Waals surface area contributed by atoms with E-state index >= 15 is 0 Å². The van der Waals surface area contributed by atoms with Crippen LogP contribution in [-0.2, 0) is 32.1 Å². The number of fused-ring (bicyclic) bond motifs is 2. The van der Waals surface area contributed by atoms with Crippen molar-refractivity contribution in [1.82, 2.24) is 10.2 Å². The van der Waals surface area contributed by atoms with Gasteiger partial charge < -0.3 is 25.4 Å². The smallest absolute Gasteiger partial charge is 0.250 e. The van der Waals surface area contributed by atoms with Crippen molar-refractivity contribution >= 4 is 34.2 Å². The van der Waals surface area contributed by atoms with Gasteiger partial charge in [0, 0.05) is 12.2 Å². The predicted octanol–water partition coefficient (Wildman–Crippen LogP) is 4.46. The summed E-state index contributed by atoms with van der Waals surface area (Å²) in [5, 5.41) is 18.8. The monoisotopic (exact) mass is 603 g/mol. The first-order valence-electron chi connectivity index (χ1n) is 15.6. The minimum absolute atomic E-state index is 0.263. The summed E-state index contributed by atoms with van der Waals surface area (Å²) >= 11 is 0. The van der Waals surface area contributed by atoms with Crippen molar-refractivity contribution < 1.29 is 24.2 Å². The van der Waals surface area contributed by atoms with Crippen molar-refractivity contribution in [2.24, 2.45) is 11.8 Å². The number of hydrogen-bond donors (Lipinski definition) is 3. The fraction of sp³-hybridized carbons (Fsp3) is 0.324. The molecular formula is C37H37N3O5. The second-order valence-electron chi connectivity index (χ2n) is 12.8. The Balaban J connectivity index is 1.25. The molecule has 8 heteroatoms. The summed E-state index contributed by atoms with van der Waals surface area (Å²) < 4.78 is 6.78. The van der Waals surface area contributed by atoms with Gasteiger partial charge in [-0.15, -0.1) is 0 Å². The van der Waals surface area contributed by atoms with Gasteiger partial charge in [0.15, 0.2) is 0 Å². The molecule has 0 aliphatic carbocycles. The van der Waals surface area contributed by atoms with E-state index in [9.17, 15) is 19.5 Å². The van der Waals surface area contributed by atoms with Crippen LogP contribution in [0.25, 0.3) is 10.8 Å². The van der Waals surface area contributed by atoms with Crippen LogP contribution in [0.4, 0.5) is 5.69 Å². The van der Waals surface area contributed by atoms with Crippen molar-refractivity contribution in [2.75, 3.05) is 11.9 Å². The largest absolute Gasteiger partial charge is 0.394 e.